The number of carbonyl (C=O) groups is 2. The summed E-state index contributed by atoms with van der Waals surface area (Å²) in [6.45, 7) is 1.56. The summed E-state index contributed by atoms with van der Waals surface area (Å²) in [5.41, 5.74) is -0.361. The highest BCUT2D eigenvalue weighted by Crippen LogP contribution is 2.41. The van der Waals surface area contributed by atoms with Gasteiger partial charge in [-0.1, -0.05) is 19.3 Å². The predicted molar refractivity (Wildman–Crippen MR) is 78.5 cm³/mol. The lowest BCUT2D eigenvalue weighted by atomic mass is 9.77. The van der Waals surface area contributed by atoms with Crippen molar-refractivity contribution in [1.82, 2.24) is 9.80 Å². The zero-order valence-corrected chi connectivity index (χ0v) is 12.7. The van der Waals surface area contributed by atoms with Gasteiger partial charge in [0, 0.05) is 25.7 Å². The van der Waals surface area contributed by atoms with Crippen molar-refractivity contribution in [1.29, 1.82) is 0 Å². The molecule has 118 valence electrons. The maximum absolute atomic E-state index is 13.0. The predicted octanol–water partition coefficient (Wildman–Crippen LogP) is 1.15. The Balaban J connectivity index is 1.71. The van der Waals surface area contributed by atoms with Crippen LogP contribution >= 0.6 is 0 Å². The van der Waals surface area contributed by atoms with Crippen LogP contribution in [0.3, 0.4) is 0 Å². The average molecular weight is 294 g/mol. The molecule has 1 saturated carbocycles. The van der Waals surface area contributed by atoms with Gasteiger partial charge in [0.15, 0.2) is 0 Å². The van der Waals surface area contributed by atoms with E-state index < -0.39 is 6.61 Å². The number of carbonyl (C=O) groups excluding carboxylic acids is 2. The number of aliphatic hydroxyl groups is 1. The minimum absolute atomic E-state index is 0.241. The monoisotopic (exact) mass is 294 g/mol. The van der Waals surface area contributed by atoms with Gasteiger partial charge in [-0.05, 0) is 32.1 Å². The van der Waals surface area contributed by atoms with Crippen molar-refractivity contribution >= 4 is 11.8 Å². The first kappa shape index (κ1) is 14.8. The molecule has 0 bridgehead atoms. The van der Waals surface area contributed by atoms with E-state index in [4.69, 9.17) is 5.11 Å². The number of hydrogen-bond acceptors (Lipinski definition) is 3. The molecule has 0 radical (unpaired) electrons. The smallest absolute Gasteiger partial charge is 0.248 e. The van der Waals surface area contributed by atoms with Crippen molar-refractivity contribution in [3.05, 3.63) is 0 Å². The molecule has 3 aliphatic rings. The van der Waals surface area contributed by atoms with E-state index in [1.165, 1.54) is 19.3 Å². The molecule has 3 fully saturated rings. The molecule has 1 aliphatic carbocycles. The fourth-order valence-corrected chi connectivity index (χ4v) is 4.41. The van der Waals surface area contributed by atoms with Crippen LogP contribution in [0.25, 0.3) is 0 Å². The average Bonchev–Trinajstić information content (AvgIpc) is 2.95. The molecule has 1 spiro atoms. The van der Waals surface area contributed by atoms with E-state index >= 15 is 0 Å². The first-order chi connectivity index (χ1) is 10.2. The third-order valence-corrected chi connectivity index (χ3v) is 5.63. The second-order valence-corrected chi connectivity index (χ2v) is 6.90. The van der Waals surface area contributed by atoms with Crippen LogP contribution in [0.2, 0.25) is 0 Å². The second kappa shape index (κ2) is 5.95. The Labute approximate surface area is 126 Å². The summed E-state index contributed by atoms with van der Waals surface area (Å²) >= 11 is 0. The molecule has 1 atom stereocenters. The Morgan fingerprint density at radius 3 is 2.62 bits per heavy atom. The molecule has 2 aliphatic heterocycles. The summed E-state index contributed by atoms with van der Waals surface area (Å²) in [7, 11) is 0. The normalized spacial score (nSPS) is 31.2. The van der Waals surface area contributed by atoms with Crippen molar-refractivity contribution in [2.45, 2.75) is 57.4 Å². The zero-order valence-electron chi connectivity index (χ0n) is 12.7. The van der Waals surface area contributed by atoms with Crippen molar-refractivity contribution in [2.24, 2.45) is 5.41 Å². The number of hydrogen-bond donors (Lipinski definition) is 1. The highest BCUT2D eigenvalue weighted by atomic mass is 16.3. The van der Waals surface area contributed by atoms with Crippen LogP contribution in [0.5, 0.6) is 0 Å². The molecule has 5 heteroatoms. The van der Waals surface area contributed by atoms with Crippen LogP contribution in [0.4, 0.5) is 0 Å². The zero-order chi connectivity index (χ0) is 14.9. The second-order valence-electron chi connectivity index (χ2n) is 6.90. The fraction of sp³-hybridized carbons (Fsp3) is 0.875. The van der Waals surface area contributed by atoms with Gasteiger partial charge in [0.2, 0.25) is 11.8 Å². The maximum Gasteiger partial charge on any atom is 0.248 e. The summed E-state index contributed by atoms with van der Waals surface area (Å²) in [6.07, 6.45) is 8.74. The van der Waals surface area contributed by atoms with Gasteiger partial charge in [0.1, 0.15) is 6.61 Å². The number of nitrogens with zero attached hydrogens (tertiary/aromatic N) is 2. The quantitative estimate of drug-likeness (QED) is 0.831. The van der Waals surface area contributed by atoms with Gasteiger partial charge in [-0.15, -0.1) is 0 Å². The molecule has 3 rings (SSSR count). The van der Waals surface area contributed by atoms with E-state index in [-0.39, 0.29) is 17.2 Å². The SMILES string of the molecule is O=C(CO)N1CC[C@]2(CCCN(C3CCCCC3)C2=O)C1. The van der Waals surface area contributed by atoms with Gasteiger partial charge >= 0.3 is 0 Å². The first-order valence-corrected chi connectivity index (χ1v) is 8.36. The van der Waals surface area contributed by atoms with Crippen LogP contribution < -0.4 is 0 Å². The van der Waals surface area contributed by atoms with Crippen LogP contribution in [-0.2, 0) is 9.59 Å². The number of likely N-dealkylation sites (tertiary alicyclic amines) is 2. The summed E-state index contributed by atoms with van der Waals surface area (Å²) in [5.74, 6) is 0.0309. The van der Waals surface area contributed by atoms with Crippen LogP contribution in [0.1, 0.15) is 51.4 Å². The molecule has 0 unspecified atom stereocenters. The van der Waals surface area contributed by atoms with E-state index in [1.54, 1.807) is 4.90 Å². The third-order valence-electron chi connectivity index (χ3n) is 5.63. The maximum atomic E-state index is 13.0. The Morgan fingerprint density at radius 1 is 1.14 bits per heavy atom. The highest BCUT2D eigenvalue weighted by Gasteiger charge is 2.50. The molecule has 0 aromatic heterocycles. The molecule has 2 heterocycles. The van der Waals surface area contributed by atoms with Crippen molar-refractivity contribution in [3.63, 3.8) is 0 Å². The van der Waals surface area contributed by atoms with Gasteiger partial charge in [-0.25, -0.2) is 0 Å². The van der Waals surface area contributed by atoms with Gasteiger partial charge in [-0.2, -0.15) is 0 Å². The molecule has 21 heavy (non-hydrogen) atoms. The largest absolute Gasteiger partial charge is 0.387 e. The molecule has 0 aromatic rings. The third kappa shape index (κ3) is 2.68. The van der Waals surface area contributed by atoms with E-state index in [1.807, 2.05) is 0 Å². The van der Waals surface area contributed by atoms with E-state index in [0.29, 0.717) is 19.1 Å². The lowest BCUT2D eigenvalue weighted by Crippen LogP contribution is -2.54. The van der Waals surface area contributed by atoms with Crippen LogP contribution in [-0.4, -0.2) is 59.0 Å². The Kier molecular flexibility index (Phi) is 4.20. The van der Waals surface area contributed by atoms with Crippen molar-refractivity contribution in [3.8, 4) is 0 Å². The number of rotatable bonds is 2. The molecule has 0 aromatic carbocycles. The first-order valence-electron chi connectivity index (χ1n) is 8.36. The van der Waals surface area contributed by atoms with E-state index in [9.17, 15) is 9.59 Å². The molecule has 1 N–H and O–H groups in total. The van der Waals surface area contributed by atoms with Crippen molar-refractivity contribution in [2.75, 3.05) is 26.2 Å². The molecular weight excluding hydrogens is 268 g/mol. The van der Waals surface area contributed by atoms with Gasteiger partial charge in [-0.3, -0.25) is 9.59 Å². The fourth-order valence-electron chi connectivity index (χ4n) is 4.41. The summed E-state index contributed by atoms with van der Waals surface area (Å²) in [4.78, 5) is 28.5. The van der Waals surface area contributed by atoms with E-state index in [0.717, 1.165) is 38.6 Å². The number of aliphatic hydroxyl groups excluding tert-OH is 1. The van der Waals surface area contributed by atoms with E-state index in [2.05, 4.69) is 4.90 Å². The molecule has 5 nitrogen and oxygen atoms in total. The Hall–Kier alpha value is -1.10. The lowest BCUT2D eigenvalue weighted by Gasteiger charge is -2.44. The molecule has 2 amide bonds. The topological polar surface area (TPSA) is 60.9 Å². The number of amides is 2. The summed E-state index contributed by atoms with van der Waals surface area (Å²) in [5, 5.41) is 9.02. The number of piperidine rings is 1. The van der Waals surface area contributed by atoms with Crippen LogP contribution in [0.15, 0.2) is 0 Å². The van der Waals surface area contributed by atoms with Gasteiger partial charge in [0.05, 0.1) is 5.41 Å². The molecular formula is C16H26N2O3. The van der Waals surface area contributed by atoms with Crippen LogP contribution in [0, 0.1) is 5.41 Å². The van der Waals surface area contributed by atoms with Gasteiger partial charge < -0.3 is 14.9 Å². The Morgan fingerprint density at radius 2 is 1.90 bits per heavy atom. The summed E-state index contributed by atoms with van der Waals surface area (Å²) in [6, 6.07) is 0.422. The minimum Gasteiger partial charge on any atom is -0.387 e. The summed E-state index contributed by atoms with van der Waals surface area (Å²) < 4.78 is 0. The Bertz CT molecular complexity index is 420. The van der Waals surface area contributed by atoms with Crippen molar-refractivity contribution < 1.29 is 14.7 Å². The standard InChI is InChI=1S/C16H26N2O3/c19-11-14(20)17-10-8-16(12-17)7-4-9-18(15(16)21)13-5-2-1-3-6-13/h13,19H,1-12H2/t16-/m1/s1. The van der Waals surface area contributed by atoms with Gasteiger partial charge in [0.25, 0.3) is 0 Å². The molecule has 2 saturated heterocycles. The lowest BCUT2D eigenvalue weighted by molar-refractivity contribution is -0.149. The minimum atomic E-state index is -0.448. The highest BCUT2D eigenvalue weighted by molar-refractivity contribution is 5.86.